The van der Waals surface area contributed by atoms with Crippen molar-refractivity contribution in [2.24, 2.45) is 0 Å². The summed E-state index contributed by atoms with van der Waals surface area (Å²) in [5.41, 5.74) is 1.37. The zero-order valence-electron chi connectivity index (χ0n) is 14.1. The molecule has 1 aliphatic heterocycles. The Hall–Kier alpha value is -2.84. The van der Waals surface area contributed by atoms with E-state index in [0.29, 0.717) is 29.5 Å². The Kier molecular flexibility index (Phi) is 4.83. The predicted molar refractivity (Wildman–Crippen MR) is 104 cm³/mol. The number of hydrogen-bond acceptors (Lipinski definition) is 5. The van der Waals surface area contributed by atoms with E-state index in [1.807, 2.05) is 23.6 Å². The van der Waals surface area contributed by atoms with Crippen LogP contribution in [0, 0.1) is 0 Å². The van der Waals surface area contributed by atoms with E-state index in [-0.39, 0.29) is 24.4 Å². The van der Waals surface area contributed by atoms with Crippen molar-refractivity contribution in [1.29, 1.82) is 0 Å². The number of nitrogens with one attached hydrogen (secondary N) is 1. The molecule has 0 spiro atoms. The Morgan fingerprint density at radius 1 is 1.26 bits per heavy atom. The number of carbonyl (C=O) groups is 2. The number of halogens is 1. The number of anilines is 2. The molecule has 138 valence electrons. The van der Waals surface area contributed by atoms with E-state index < -0.39 is 0 Å². The monoisotopic (exact) mass is 402 g/mol. The predicted octanol–water partition coefficient (Wildman–Crippen LogP) is 3.94. The Balaban J connectivity index is 1.37. The van der Waals surface area contributed by atoms with Gasteiger partial charge in [-0.05, 0) is 29.6 Å². The zero-order valence-corrected chi connectivity index (χ0v) is 15.7. The second-order valence-corrected chi connectivity index (χ2v) is 7.32. The quantitative estimate of drug-likeness (QED) is 0.701. The average molecular weight is 403 g/mol. The third kappa shape index (κ3) is 3.81. The minimum Gasteiger partial charge on any atom is -0.338 e. The topological polar surface area (TPSA) is 78.7 Å². The van der Waals surface area contributed by atoms with Crippen LogP contribution < -0.4 is 10.2 Å². The van der Waals surface area contributed by atoms with E-state index in [0.717, 1.165) is 4.88 Å². The number of aromatic nitrogens is 1. The molecule has 1 aliphatic rings. The Labute approximate surface area is 164 Å². The van der Waals surface area contributed by atoms with E-state index in [4.69, 9.17) is 16.1 Å². The first-order valence-corrected chi connectivity index (χ1v) is 9.48. The van der Waals surface area contributed by atoms with Crippen LogP contribution in [-0.2, 0) is 4.79 Å². The number of thiophene rings is 1. The molecule has 0 bridgehead atoms. The van der Waals surface area contributed by atoms with E-state index in [1.54, 1.807) is 29.2 Å². The van der Waals surface area contributed by atoms with E-state index in [9.17, 15) is 9.59 Å². The highest BCUT2D eigenvalue weighted by Gasteiger charge is 2.31. The van der Waals surface area contributed by atoms with Gasteiger partial charge in [-0.15, -0.1) is 11.3 Å². The number of hydrogen-bond donors (Lipinski definition) is 1. The van der Waals surface area contributed by atoms with Gasteiger partial charge >= 0.3 is 6.03 Å². The fraction of sp³-hybridized carbons (Fsp3) is 0.167. The van der Waals surface area contributed by atoms with Gasteiger partial charge in [0.25, 0.3) is 0 Å². The molecule has 0 saturated carbocycles. The maximum absolute atomic E-state index is 12.6. The fourth-order valence-electron chi connectivity index (χ4n) is 2.84. The van der Waals surface area contributed by atoms with Gasteiger partial charge in [0.05, 0.1) is 4.88 Å². The lowest BCUT2D eigenvalue weighted by Crippen LogP contribution is -2.37. The number of carbonyl (C=O) groups excluding carboxylic acids is 2. The molecule has 7 nitrogen and oxygen atoms in total. The molecule has 0 radical (unpaired) electrons. The second kappa shape index (κ2) is 7.42. The van der Waals surface area contributed by atoms with Gasteiger partial charge in [-0.3, -0.25) is 15.0 Å². The number of urea groups is 1. The van der Waals surface area contributed by atoms with E-state index in [2.05, 4.69) is 10.5 Å². The van der Waals surface area contributed by atoms with Crippen LogP contribution in [0.4, 0.5) is 16.4 Å². The van der Waals surface area contributed by atoms with Crippen molar-refractivity contribution in [1.82, 2.24) is 10.1 Å². The SMILES string of the molecule is O=C(CN1CCN(c2cccc(Cl)c2)C1=O)Nc1cc(-c2cccs2)no1. The Morgan fingerprint density at radius 2 is 2.15 bits per heavy atom. The van der Waals surface area contributed by atoms with Crippen LogP contribution in [0.2, 0.25) is 5.02 Å². The highest BCUT2D eigenvalue weighted by atomic mass is 35.5. The largest absolute Gasteiger partial charge is 0.338 e. The molecule has 2 aromatic heterocycles. The lowest BCUT2D eigenvalue weighted by Gasteiger charge is -2.18. The summed E-state index contributed by atoms with van der Waals surface area (Å²) in [5.74, 6) is -0.0908. The van der Waals surface area contributed by atoms with Crippen molar-refractivity contribution in [3.63, 3.8) is 0 Å². The van der Waals surface area contributed by atoms with Crippen LogP contribution in [0.15, 0.2) is 52.4 Å². The summed E-state index contributed by atoms with van der Waals surface area (Å²) in [6.45, 7) is 0.887. The molecule has 4 rings (SSSR count). The summed E-state index contributed by atoms with van der Waals surface area (Å²) in [6, 6.07) is 12.3. The molecule has 1 saturated heterocycles. The van der Waals surface area contributed by atoms with Gasteiger partial charge in [-0.1, -0.05) is 28.9 Å². The first kappa shape index (κ1) is 17.6. The molecular weight excluding hydrogens is 388 g/mol. The van der Waals surface area contributed by atoms with E-state index in [1.165, 1.54) is 16.2 Å². The number of rotatable bonds is 5. The molecule has 1 aromatic carbocycles. The highest BCUT2D eigenvalue weighted by Crippen LogP contribution is 2.26. The van der Waals surface area contributed by atoms with Crippen LogP contribution >= 0.6 is 22.9 Å². The van der Waals surface area contributed by atoms with Gasteiger partial charge < -0.3 is 9.42 Å². The van der Waals surface area contributed by atoms with Crippen LogP contribution in [-0.4, -0.2) is 41.6 Å². The van der Waals surface area contributed by atoms with Gasteiger partial charge in [-0.2, -0.15) is 0 Å². The molecule has 0 unspecified atom stereocenters. The Bertz CT molecular complexity index is 973. The minimum absolute atomic E-state index is 0.0645. The third-order valence-electron chi connectivity index (χ3n) is 4.10. The molecule has 3 aromatic rings. The molecule has 0 aliphatic carbocycles. The summed E-state index contributed by atoms with van der Waals surface area (Å²) in [6.07, 6.45) is 0. The fourth-order valence-corrected chi connectivity index (χ4v) is 3.70. The van der Waals surface area contributed by atoms with Crippen LogP contribution in [0.1, 0.15) is 0 Å². The van der Waals surface area contributed by atoms with Crippen LogP contribution in [0.25, 0.3) is 10.6 Å². The lowest BCUT2D eigenvalue weighted by atomic mass is 10.3. The Morgan fingerprint density at radius 3 is 2.93 bits per heavy atom. The van der Waals surface area contributed by atoms with Gasteiger partial charge in [0.2, 0.25) is 11.8 Å². The van der Waals surface area contributed by atoms with Gasteiger partial charge in [0.1, 0.15) is 12.2 Å². The van der Waals surface area contributed by atoms with Crippen LogP contribution in [0.5, 0.6) is 0 Å². The summed E-state index contributed by atoms with van der Waals surface area (Å²) in [5, 5.41) is 9.07. The van der Waals surface area contributed by atoms with Crippen molar-refractivity contribution in [3.8, 4) is 10.6 Å². The van der Waals surface area contributed by atoms with Gasteiger partial charge in [-0.25, -0.2) is 4.79 Å². The number of amides is 3. The standard InChI is InChI=1S/C18H15ClN4O3S/c19-12-3-1-4-13(9-12)23-7-6-22(18(23)25)11-16(24)20-17-10-14(21-26-17)15-5-2-8-27-15/h1-5,8-10H,6-7,11H2,(H,20,24). The molecule has 1 N–H and O–H groups in total. The molecule has 3 amide bonds. The maximum Gasteiger partial charge on any atom is 0.325 e. The molecule has 1 fully saturated rings. The van der Waals surface area contributed by atoms with Gasteiger partial charge in [0.15, 0.2) is 0 Å². The van der Waals surface area contributed by atoms with Crippen molar-refractivity contribution in [2.75, 3.05) is 29.9 Å². The zero-order chi connectivity index (χ0) is 18.8. The summed E-state index contributed by atoms with van der Waals surface area (Å²) in [7, 11) is 0. The normalized spacial score (nSPS) is 14.0. The van der Waals surface area contributed by atoms with Crippen molar-refractivity contribution in [3.05, 3.63) is 52.9 Å². The maximum atomic E-state index is 12.6. The molecular formula is C18H15ClN4O3S. The summed E-state index contributed by atoms with van der Waals surface area (Å²) < 4.78 is 5.15. The first-order chi connectivity index (χ1) is 13.1. The summed E-state index contributed by atoms with van der Waals surface area (Å²) >= 11 is 7.52. The smallest absolute Gasteiger partial charge is 0.325 e. The first-order valence-electron chi connectivity index (χ1n) is 8.22. The number of nitrogens with zero attached hydrogens (tertiary/aromatic N) is 3. The van der Waals surface area contributed by atoms with E-state index >= 15 is 0 Å². The molecule has 9 heteroatoms. The van der Waals surface area contributed by atoms with Crippen LogP contribution in [0.3, 0.4) is 0 Å². The lowest BCUT2D eigenvalue weighted by molar-refractivity contribution is -0.116. The third-order valence-corrected chi connectivity index (χ3v) is 5.22. The molecule has 0 atom stereocenters. The highest BCUT2D eigenvalue weighted by molar-refractivity contribution is 7.13. The second-order valence-electron chi connectivity index (χ2n) is 5.94. The molecule has 3 heterocycles. The number of benzene rings is 1. The van der Waals surface area contributed by atoms with Crippen molar-refractivity contribution < 1.29 is 14.1 Å². The van der Waals surface area contributed by atoms with Gasteiger partial charge in [0, 0.05) is 29.9 Å². The summed E-state index contributed by atoms with van der Waals surface area (Å²) in [4.78, 5) is 28.9. The molecule has 27 heavy (non-hydrogen) atoms. The average Bonchev–Trinajstić information content (AvgIpc) is 3.37. The minimum atomic E-state index is -0.342. The van der Waals surface area contributed by atoms with Crippen molar-refractivity contribution >= 4 is 46.4 Å². The van der Waals surface area contributed by atoms with Crippen molar-refractivity contribution in [2.45, 2.75) is 0 Å².